The van der Waals surface area contributed by atoms with E-state index in [1.165, 1.54) is 94.2 Å². The fourth-order valence-electron chi connectivity index (χ4n) is 10.8. The number of hydrogen-bond acceptors (Lipinski definition) is 1. The van der Waals surface area contributed by atoms with Crippen LogP contribution in [0.5, 0.6) is 0 Å². The van der Waals surface area contributed by atoms with Gasteiger partial charge in [0, 0.05) is 22.6 Å². The van der Waals surface area contributed by atoms with Gasteiger partial charge in [-0.15, -0.1) is 0 Å². The molecule has 0 saturated heterocycles. The van der Waals surface area contributed by atoms with Crippen LogP contribution in [0.1, 0.15) is 22.3 Å². The first kappa shape index (κ1) is 33.1. The molecule has 0 aliphatic heterocycles. The molecule has 10 aromatic rings. The second-order valence-electron chi connectivity index (χ2n) is 16.2. The molecule has 1 heteroatoms. The normalized spacial score (nSPS) is 13.0. The summed E-state index contributed by atoms with van der Waals surface area (Å²) in [6.45, 7) is 0. The van der Waals surface area contributed by atoms with Crippen LogP contribution in [0.3, 0.4) is 0 Å². The van der Waals surface area contributed by atoms with Gasteiger partial charge in [0.25, 0.3) is 0 Å². The van der Waals surface area contributed by atoms with Crippen LogP contribution in [0.15, 0.2) is 212 Å². The molecule has 0 aromatic heterocycles. The van der Waals surface area contributed by atoms with Crippen LogP contribution in [0.25, 0.3) is 77.5 Å². The highest BCUT2D eigenvalue weighted by molar-refractivity contribution is 6.15. The van der Waals surface area contributed by atoms with E-state index in [2.05, 4.69) is 223 Å². The molecule has 3 aliphatic carbocycles. The minimum absolute atomic E-state index is 0.595. The maximum absolute atomic E-state index is 3.60. The number of rotatable bonds is 5. The summed E-state index contributed by atoms with van der Waals surface area (Å²) >= 11 is 0. The summed E-state index contributed by atoms with van der Waals surface area (Å²) in [4.78, 5) is 2.47. The molecule has 13 rings (SSSR count). The van der Waals surface area contributed by atoms with Crippen molar-refractivity contribution in [2.24, 2.45) is 0 Å². The predicted octanol–water partition coefficient (Wildman–Crippen LogP) is 15.2. The molecular formula is C59H35N. The van der Waals surface area contributed by atoms with E-state index >= 15 is 0 Å². The highest BCUT2D eigenvalue weighted by atomic mass is 15.1. The number of benzene rings is 9. The van der Waals surface area contributed by atoms with E-state index < -0.39 is 5.41 Å². The van der Waals surface area contributed by atoms with Gasteiger partial charge in [0.05, 0.1) is 5.41 Å². The van der Waals surface area contributed by atoms with Crippen LogP contribution in [-0.2, 0) is 5.41 Å². The first-order chi connectivity index (χ1) is 29.8. The molecule has 0 saturated carbocycles. The van der Waals surface area contributed by atoms with Gasteiger partial charge in [0.15, 0.2) is 0 Å². The summed E-state index contributed by atoms with van der Waals surface area (Å²) in [7, 11) is 0. The van der Waals surface area contributed by atoms with Gasteiger partial charge in [-0.05, 0) is 143 Å². The summed E-state index contributed by atoms with van der Waals surface area (Å²) in [6.07, 6.45) is 0. The molecule has 0 heterocycles. The zero-order valence-corrected chi connectivity index (χ0v) is 32.7. The molecule has 10 aromatic carbocycles. The Labute approximate surface area is 350 Å². The first-order valence-electron chi connectivity index (χ1n) is 20.8. The molecule has 6 bridgehead atoms. The van der Waals surface area contributed by atoms with Crippen molar-refractivity contribution in [1.82, 2.24) is 0 Å². The van der Waals surface area contributed by atoms with E-state index in [0.29, 0.717) is 0 Å². The van der Waals surface area contributed by atoms with E-state index in [4.69, 9.17) is 0 Å². The Balaban J connectivity index is 1.09. The summed E-state index contributed by atoms with van der Waals surface area (Å²) in [5.41, 5.74) is 22.8. The second kappa shape index (κ2) is 12.5. The largest absolute Gasteiger partial charge is 0.310 e. The minimum Gasteiger partial charge on any atom is -0.310 e. The topological polar surface area (TPSA) is 3.24 Å². The third-order valence-corrected chi connectivity index (χ3v) is 13.3. The lowest BCUT2D eigenvalue weighted by atomic mass is 9.68. The van der Waals surface area contributed by atoms with E-state index in [-0.39, 0.29) is 0 Å². The van der Waals surface area contributed by atoms with Crippen molar-refractivity contribution >= 4 is 27.8 Å². The number of fused-ring (bicyclic) bond motifs is 8. The van der Waals surface area contributed by atoms with Crippen molar-refractivity contribution in [2.75, 3.05) is 4.90 Å². The molecule has 0 radical (unpaired) electrons. The standard InChI is InChI=1S/C59H35N/c1-3-17-40(18-4-1)59(41-19-5-2-6-20-41)55-28-12-11-22-47(55)48-34-32-44(37-56(48)59)60(42-30-29-38-15-7-8-16-39(38)35-42)43-31-33-46-51-25-14-26-52-53-27-13-24-50(58(53)54(46)36-43)45-21-9-10-23-49(45)57(51)52/h1-5,7-19,21-37H. The molecule has 0 spiro atoms. The van der Waals surface area contributed by atoms with Crippen molar-refractivity contribution in [1.29, 1.82) is 0 Å². The van der Waals surface area contributed by atoms with Crippen molar-refractivity contribution in [2.45, 2.75) is 5.41 Å². The van der Waals surface area contributed by atoms with Gasteiger partial charge in [-0.1, -0.05) is 176 Å². The van der Waals surface area contributed by atoms with Gasteiger partial charge in [-0.3, -0.25) is 0 Å². The molecule has 1 nitrogen and oxygen atoms in total. The highest BCUT2D eigenvalue weighted by Gasteiger charge is 2.47. The minimum atomic E-state index is -0.595. The lowest BCUT2D eigenvalue weighted by Crippen LogP contribution is -2.28. The van der Waals surface area contributed by atoms with Crippen LogP contribution in [0.4, 0.5) is 17.1 Å². The van der Waals surface area contributed by atoms with E-state index in [1.54, 1.807) is 0 Å². The molecule has 276 valence electrons. The molecule has 1 atom stereocenters. The lowest BCUT2D eigenvalue weighted by molar-refractivity contribution is 0.769. The summed E-state index contributed by atoms with van der Waals surface area (Å²) in [5, 5.41) is 2.42. The van der Waals surface area contributed by atoms with Crippen LogP contribution in [-0.4, -0.2) is 0 Å². The van der Waals surface area contributed by atoms with Crippen molar-refractivity contribution in [3.05, 3.63) is 247 Å². The van der Waals surface area contributed by atoms with Gasteiger partial charge in [0.1, 0.15) is 0 Å². The van der Waals surface area contributed by atoms with Gasteiger partial charge in [-0.2, -0.15) is 0 Å². The van der Waals surface area contributed by atoms with Gasteiger partial charge in [0.2, 0.25) is 0 Å². The quantitative estimate of drug-likeness (QED) is 0.169. The zero-order valence-electron chi connectivity index (χ0n) is 32.7. The Bertz CT molecular complexity index is 3310. The molecular weight excluding hydrogens is 723 g/mol. The molecule has 3 aliphatic rings. The number of hydrogen-bond donors (Lipinski definition) is 0. The van der Waals surface area contributed by atoms with Crippen LogP contribution in [0, 0.1) is 12.1 Å². The average molecular weight is 758 g/mol. The lowest BCUT2D eigenvalue weighted by Gasteiger charge is -2.34. The average Bonchev–Trinajstić information content (AvgIpc) is 3.55. The number of anilines is 3. The van der Waals surface area contributed by atoms with Crippen molar-refractivity contribution in [3.8, 4) is 66.8 Å². The Kier molecular flexibility index (Phi) is 6.92. The predicted molar refractivity (Wildman–Crippen MR) is 248 cm³/mol. The Morgan fingerprint density at radius 1 is 0.333 bits per heavy atom. The van der Waals surface area contributed by atoms with Gasteiger partial charge < -0.3 is 4.90 Å². The number of nitrogens with zero attached hydrogens (tertiary/aromatic N) is 1. The van der Waals surface area contributed by atoms with E-state index in [9.17, 15) is 0 Å². The van der Waals surface area contributed by atoms with Crippen LogP contribution in [0.2, 0.25) is 0 Å². The molecule has 1 unspecified atom stereocenters. The third kappa shape index (κ3) is 4.48. The molecule has 0 amide bonds. The monoisotopic (exact) mass is 757 g/mol. The summed E-state index contributed by atoms with van der Waals surface area (Å²) in [5.74, 6) is 0. The second-order valence-corrected chi connectivity index (χ2v) is 16.2. The van der Waals surface area contributed by atoms with Crippen molar-refractivity contribution in [3.63, 3.8) is 0 Å². The van der Waals surface area contributed by atoms with Crippen molar-refractivity contribution < 1.29 is 0 Å². The van der Waals surface area contributed by atoms with Gasteiger partial charge in [-0.25, -0.2) is 0 Å². The Morgan fingerprint density at radius 3 is 1.65 bits per heavy atom. The summed E-state index contributed by atoms with van der Waals surface area (Å²) < 4.78 is 0. The molecule has 0 N–H and O–H groups in total. The molecule has 0 fully saturated rings. The van der Waals surface area contributed by atoms with E-state index in [1.807, 2.05) is 6.07 Å². The Morgan fingerprint density at radius 2 is 0.883 bits per heavy atom. The zero-order chi connectivity index (χ0) is 39.4. The smallest absolute Gasteiger partial charge is 0.0793 e. The Hall–Kier alpha value is -7.92. The third-order valence-electron chi connectivity index (χ3n) is 13.3. The fourth-order valence-corrected chi connectivity index (χ4v) is 10.8. The maximum atomic E-state index is 3.60. The van der Waals surface area contributed by atoms with Crippen LogP contribution >= 0.6 is 0 Å². The SMILES string of the molecule is c1cccc(C2(c3ccccc3)c3ccccc3-c3ccc(N(c4ccc5c(c4)-c4c6cccc4-c4cccc-5c4-c4ccccc4-6)c4ccc5ccccc5c4)cc32)c#1. The maximum Gasteiger partial charge on any atom is 0.0793 e. The highest BCUT2D eigenvalue weighted by Crippen LogP contribution is 2.59. The summed E-state index contributed by atoms with van der Waals surface area (Å²) in [6, 6.07) is 85.5. The van der Waals surface area contributed by atoms with E-state index in [0.717, 1.165) is 22.6 Å². The molecule has 60 heavy (non-hydrogen) atoms. The van der Waals surface area contributed by atoms with Crippen LogP contribution < -0.4 is 4.90 Å². The van der Waals surface area contributed by atoms with Gasteiger partial charge >= 0.3 is 0 Å². The first-order valence-corrected chi connectivity index (χ1v) is 20.8. The fraction of sp³-hybridized carbons (Fsp3) is 0.0169.